The molecule has 1 saturated heterocycles. The normalized spacial score (nSPS) is 31.8. The Hall–Kier alpha value is -1.07. The van der Waals surface area contributed by atoms with Crippen molar-refractivity contribution in [3.63, 3.8) is 0 Å². The zero-order chi connectivity index (χ0) is 26.3. The molecule has 1 aliphatic carbocycles. The molecule has 1 aliphatic heterocycles. The third-order valence-electron chi connectivity index (χ3n) is 7.28. The summed E-state index contributed by atoms with van der Waals surface area (Å²) in [5.41, 5.74) is 0.248. The maximum Gasteiger partial charge on any atom is 0.243 e. The van der Waals surface area contributed by atoms with Crippen LogP contribution in [0.1, 0.15) is 47.0 Å². The number of halogens is 1. The number of benzene rings is 1. The number of hydrogen-bond donors (Lipinski definition) is 1. The van der Waals surface area contributed by atoms with Gasteiger partial charge >= 0.3 is 0 Å². The molecule has 2 aromatic rings. The summed E-state index contributed by atoms with van der Waals surface area (Å²) in [5.74, 6) is -1.08. The Morgan fingerprint density at radius 1 is 1.42 bits per heavy atom. The van der Waals surface area contributed by atoms with Gasteiger partial charge in [-0.25, -0.2) is 9.29 Å². The predicted octanol–water partition coefficient (Wildman–Crippen LogP) is 6.00. The molecule has 6 nitrogen and oxygen atoms in total. The fourth-order valence-corrected chi connectivity index (χ4v) is 7.88. The van der Waals surface area contributed by atoms with Crippen LogP contribution >= 0.6 is 47.1 Å². The minimum atomic E-state index is -1.20. The highest BCUT2D eigenvalue weighted by molar-refractivity contribution is 8.00. The summed E-state index contributed by atoms with van der Waals surface area (Å²) in [7, 11) is 1.59. The van der Waals surface area contributed by atoms with Gasteiger partial charge in [0, 0.05) is 25.0 Å². The molecule has 0 bridgehead atoms. The number of methoxy groups -OCH3 is 1. The number of alkyl halides is 1. The summed E-state index contributed by atoms with van der Waals surface area (Å²) in [6.45, 7) is 7.84. The van der Waals surface area contributed by atoms with Crippen molar-refractivity contribution in [1.82, 2.24) is 9.29 Å². The molecular weight excluding hydrogens is 536 g/mol. The molecule has 2 heterocycles. The molecular formula is C26H33ClN2O4S3. The Labute approximate surface area is 231 Å². The van der Waals surface area contributed by atoms with Crippen molar-refractivity contribution in [3.05, 3.63) is 35.9 Å². The number of aromatic nitrogens is 1. The maximum absolute atomic E-state index is 14.0. The van der Waals surface area contributed by atoms with Crippen LogP contribution in [0.2, 0.25) is 0 Å². The Kier molecular flexibility index (Phi) is 8.51. The highest BCUT2D eigenvalue weighted by atomic mass is 35.5. The van der Waals surface area contributed by atoms with Crippen molar-refractivity contribution in [3.8, 4) is 0 Å². The van der Waals surface area contributed by atoms with Crippen LogP contribution in [-0.2, 0) is 14.3 Å². The highest BCUT2D eigenvalue weighted by Gasteiger charge is 2.67. The van der Waals surface area contributed by atoms with E-state index in [0.717, 1.165) is 21.0 Å². The van der Waals surface area contributed by atoms with Crippen LogP contribution in [0.5, 0.6) is 0 Å². The van der Waals surface area contributed by atoms with E-state index in [4.69, 9.17) is 33.3 Å². The molecule has 0 radical (unpaired) electrons. The lowest BCUT2D eigenvalue weighted by Gasteiger charge is -2.48. The minimum Gasteiger partial charge on any atom is -0.388 e. The van der Waals surface area contributed by atoms with Gasteiger partial charge in [-0.15, -0.1) is 22.9 Å². The van der Waals surface area contributed by atoms with Crippen LogP contribution in [0.4, 0.5) is 0 Å². The Balaban J connectivity index is 1.61. The van der Waals surface area contributed by atoms with E-state index in [2.05, 4.69) is 11.1 Å². The Morgan fingerprint density at radius 3 is 2.75 bits per heavy atom. The highest BCUT2D eigenvalue weighted by Crippen LogP contribution is 2.56. The molecule has 196 valence electrons. The average molecular weight is 569 g/mol. The van der Waals surface area contributed by atoms with E-state index in [1.165, 1.54) is 28.9 Å². The first-order valence-electron chi connectivity index (χ1n) is 12.0. The number of epoxide rings is 1. The first-order chi connectivity index (χ1) is 17.0. The van der Waals surface area contributed by atoms with E-state index in [1.807, 2.05) is 45.0 Å². The lowest BCUT2D eigenvalue weighted by molar-refractivity contribution is -0.164. The topological polar surface area (TPSA) is 75.2 Å². The standard InChI is InChI=1S/C26H33ClN2O4S3/c1-15(2)10-11-20-25(4,33-20)22-21(32-5)17(12-13-26(22,31)14-27)23(30)29(16(3)34)36-24-28-18-8-6-7-9-19(18)35-24/h6-10,17,20-22,31H,11-14H2,1-5H3. The van der Waals surface area contributed by atoms with E-state index >= 15 is 0 Å². The van der Waals surface area contributed by atoms with E-state index in [-0.39, 0.29) is 17.9 Å². The number of ether oxygens (including phenoxy) is 2. The minimum absolute atomic E-state index is 0.0448. The van der Waals surface area contributed by atoms with Crippen LogP contribution in [0.15, 0.2) is 40.3 Å². The molecule has 2 aliphatic rings. The van der Waals surface area contributed by atoms with Gasteiger partial charge in [0.05, 0.1) is 44.8 Å². The van der Waals surface area contributed by atoms with Crippen molar-refractivity contribution in [2.75, 3.05) is 13.0 Å². The summed E-state index contributed by atoms with van der Waals surface area (Å²) >= 11 is 14.6. The monoisotopic (exact) mass is 568 g/mol. The Morgan fingerprint density at radius 2 is 2.14 bits per heavy atom. The summed E-state index contributed by atoms with van der Waals surface area (Å²) in [4.78, 5) is 19.1. The molecule has 1 N–H and O–H groups in total. The first-order valence-corrected chi connectivity index (χ1v) is 14.6. The second-order valence-electron chi connectivity index (χ2n) is 10.1. The fourth-order valence-electron chi connectivity index (χ4n) is 5.39. The Bertz CT molecular complexity index is 1140. The number of allylic oxidation sites excluding steroid dienone is 1. The van der Waals surface area contributed by atoms with Crippen LogP contribution in [0.3, 0.4) is 0 Å². The van der Waals surface area contributed by atoms with Gasteiger partial charge in [-0.05, 0) is 59.1 Å². The number of nitrogens with zero attached hydrogens (tertiary/aromatic N) is 2. The van der Waals surface area contributed by atoms with Gasteiger partial charge in [-0.3, -0.25) is 4.79 Å². The molecule has 36 heavy (non-hydrogen) atoms. The first kappa shape index (κ1) is 28.0. The number of amides is 1. The van der Waals surface area contributed by atoms with E-state index in [9.17, 15) is 9.90 Å². The maximum atomic E-state index is 14.0. The zero-order valence-corrected chi connectivity index (χ0v) is 24.4. The SMILES string of the molecule is COC1C(C(=O)N(Sc2nc3ccccc3s2)C(C)=S)CCC(O)(CCl)C1C1(C)OC1CC=C(C)C. The summed E-state index contributed by atoms with van der Waals surface area (Å²) in [6.07, 6.45) is 3.03. The third-order valence-corrected chi connectivity index (χ3v) is 10.2. The molecule has 6 unspecified atom stereocenters. The van der Waals surface area contributed by atoms with Gasteiger partial charge in [0.25, 0.3) is 0 Å². The molecule has 1 aromatic heterocycles. The number of thiazole rings is 1. The molecule has 1 amide bonds. The second kappa shape index (κ2) is 11.0. The smallest absolute Gasteiger partial charge is 0.243 e. The van der Waals surface area contributed by atoms with Crippen LogP contribution in [0, 0.1) is 11.8 Å². The van der Waals surface area contributed by atoms with Gasteiger partial charge in [0.1, 0.15) is 5.60 Å². The van der Waals surface area contributed by atoms with Gasteiger partial charge in [0.15, 0.2) is 4.34 Å². The average Bonchev–Trinajstić information content (AvgIpc) is 3.31. The fraction of sp³-hybridized carbons (Fsp3) is 0.577. The predicted molar refractivity (Wildman–Crippen MR) is 151 cm³/mol. The van der Waals surface area contributed by atoms with Gasteiger partial charge in [-0.2, -0.15) is 0 Å². The second-order valence-corrected chi connectivity index (χ2v) is 13.1. The lowest BCUT2D eigenvalue weighted by Crippen LogP contribution is -2.61. The number of hydrogen-bond acceptors (Lipinski definition) is 8. The number of fused-ring (bicyclic) bond motifs is 1. The molecule has 1 aromatic carbocycles. The summed E-state index contributed by atoms with van der Waals surface area (Å²) in [5, 5.41) is 11.6. The largest absolute Gasteiger partial charge is 0.388 e. The molecule has 2 fully saturated rings. The zero-order valence-electron chi connectivity index (χ0n) is 21.2. The van der Waals surface area contributed by atoms with Crippen LogP contribution < -0.4 is 0 Å². The van der Waals surface area contributed by atoms with Crippen molar-refractivity contribution < 1.29 is 19.4 Å². The van der Waals surface area contributed by atoms with Crippen LogP contribution in [0.25, 0.3) is 10.2 Å². The van der Waals surface area contributed by atoms with Gasteiger partial charge in [0.2, 0.25) is 5.91 Å². The number of carbonyl (C=O) groups excluding carboxylic acids is 1. The molecule has 0 spiro atoms. The molecule has 10 heteroatoms. The van der Waals surface area contributed by atoms with Crippen molar-refractivity contribution >= 4 is 68.2 Å². The molecule has 4 rings (SSSR count). The number of rotatable bonds is 8. The quantitative estimate of drug-likeness (QED) is 0.137. The van der Waals surface area contributed by atoms with E-state index in [0.29, 0.717) is 17.8 Å². The van der Waals surface area contributed by atoms with Crippen molar-refractivity contribution in [2.45, 2.75) is 74.7 Å². The molecule has 6 atom stereocenters. The number of aliphatic hydroxyl groups is 1. The third kappa shape index (κ3) is 5.39. The van der Waals surface area contributed by atoms with E-state index in [1.54, 1.807) is 18.3 Å². The summed E-state index contributed by atoms with van der Waals surface area (Å²) < 4.78 is 15.5. The number of thiocarbonyl (C=S) groups is 1. The van der Waals surface area contributed by atoms with Gasteiger partial charge < -0.3 is 14.6 Å². The number of para-hydroxylation sites is 1. The van der Waals surface area contributed by atoms with Crippen molar-refractivity contribution in [1.29, 1.82) is 0 Å². The van der Waals surface area contributed by atoms with Crippen LogP contribution in [-0.4, -0.2) is 61.7 Å². The van der Waals surface area contributed by atoms with Gasteiger partial charge in [-0.1, -0.05) is 36.0 Å². The molecule has 1 saturated carbocycles. The lowest BCUT2D eigenvalue weighted by atomic mass is 9.63. The van der Waals surface area contributed by atoms with E-state index < -0.39 is 29.1 Å². The summed E-state index contributed by atoms with van der Waals surface area (Å²) in [6, 6.07) is 7.87. The number of carbonyl (C=O) groups is 1. The van der Waals surface area contributed by atoms with Crippen molar-refractivity contribution in [2.24, 2.45) is 11.8 Å².